The number of likely N-dealkylation sites (N-methyl/N-ethyl adjacent to an activating group) is 1. The Kier molecular flexibility index (Phi) is 4.69. The number of rotatable bonds is 3. The van der Waals surface area contributed by atoms with E-state index in [0.717, 1.165) is 12.1 Å². The molecular formula is C12H12F4N2O2. The van der Waals surface area contributed by atoms with Crippen LogP contribution in [0.5, 0.6) is 0 Å². The third-order valence-corrected chi connectivity index (χ3v) is 2.54. The SMILES string of the molecule is CNC(=O)C(C)NC(=O)c1cccc(C(F)(F)F)c1F. The molecular weight excluding hydrogens is 280 g/mol. The molecule has 20 heavy (non-hydrogen) atoms. The summed E-state index contributed by atoms with van der Waals surface area (Å²) in [7, 11) is 1.33. The second-order valence-electron chi connectivity index (χ2n) is 3.97. The molecule has 0 saturated carbocycles. The maximum absolute atomic E-state index is 13.7. The van der Waals surface area contributed by atoms with Crippen molar-refractivity contribution in [2.24, 2.45) is 0 Å². The summed E-state index contributed by atoms with van der Waals surface area (Å²) in [6.07, 6.45) is -4.90. The Bertz CT molecular complexity index is 529. The molecule has 1 atom stereocenters. The second-order valence-corrected chi connectivity index (χ2v) is 3.97. The predicted molar refractivity (Wildman–Crippen MR) is 62.4 cm³/mol. The van der Waals surface area contributed by atoms with E-state index in [9.17, 15) is 27.2 Å². The fourth-order valence-corrected chi connectivity index (χ4v) is 1.48. The van der Waals surface area contributed by atoms with Gasteiger partial charge in [-0.1, -0.05) is 6.07 Å². The summed E-state index contributed by atoms with van der Waals surface area (Å²) in [6, 6.07) is 1.37. The Hall–Kier alpha value is -2.12. The van der Waals surface area contributed by atoms with Crippen molar-refractivity contribution in [1.29, 1.82) is 0 Å². The highest BCUT2D eigenvalue weighted by atomic mass is 19.4. The average molecular weight is 292 g/mol. The number of amides is 2. The molecule has 0 spiro atoms. The number of halogens is 4. The molecule has 0 aliphatic carbocycles. The maximum atomic E-state index is 13.7. The highest BCUT2D eigenvalue weighted by molar-refractivity contribution is 5.97. The number of nitrogens with one attached hydrogen (secondary N) is 2. The van der Waals surface area contributed by atoms with Crippen LogP contribution in [-0.2, 0) is 11.0 Å². The van der Waals surface area contributed by atoms with E-state index in [2.05, 4.69) is 10.6 Å². The molecule has 0 heterocycles. The Morgan fingerprint density at radius 1 is 1.25 bits per heavy atom. The molecule has 0 aliphatic heterocycles. The number of benzene rings is 1. The van der Waals surface area contributed by atoms with Crippen LogP contribution in [0.25, 0.3) is 0 Å². The molecule has 2 N–H and O–H groups in total. The van der Waals surface area contributed by atoms with Crippen molar-refractivity contribution in [1.82, 2.24) is 10.6 Å². The first-order valence-electron chi connectivity index (χ1n) is 5.56. The van der Waals surface area contributed by atoms with Crippen LogP contribution in [0, 0.1) is 5.82 Å². The van der Waals surface area contributed by atoms with Crippen LogP contribution in [-0.4, -0.2) is 24.9 Å². The van der Waals surface area contributed by atoms with Crippen LogP contribution in [0.2, 0.25) is 0 Å². The molecule has 1 aromatic rings. The minimum Gasteiger partial charge on any atom is -0.357 e. The Morgan fingerprint density at radius 3 is 2.35 bits per heavy atom. The van der Waals surface area contributed by atoms with E-state index in [1.807, 2.05) is 0 Å². The van der Waals surface area contributed by atoms with Crippen molar-refractivity contribution in [3.63, 3.8) is 0 Å². The van der Waals surface area contributed by atoms with Crippen molar-refractivity contribution in [3.05, 3.63) is 35.1 Å². The van der Waals surface area contributed by atoms with Gasteiger partial charge < -0.3 is 10.6 Å². The van der Waals surface area contributed by atoms with E-state index in [1.165, 1.54) is 14.0 Å². The standard InChI is InChI=1S/C12H12F4N2O2/c1-6(10(19)17-2)18-11(20)7-4-3-5-8(9(7)13)12(14,15)16/h3-6H,1-2H3,(H,17,19)(H,18,20). The molecule has 0 radical (unpaired) electrons. The van der Waals surface area contributed by atoms with E-state index in [4.69, 9.17) is 0 Å². The zero-order valence-electron chi connectivity index (χ0n) is 10.6. The van der Waals surface area contributed by atoms with Crippen LogP contribution in [0.15, 0.2) is 18.2 Å². The molecule has 0 aromatic heterocycles. The van der Waals surface area contributed by atoms with Crippen molar-refractivity contribution < 1.29 is 27.2 Å². The van der Waals surface area contributed by atoms with E-state index < -0.39 is 41.0 Å². The van der Waals surface area contributed by atoms with Gasteiger partial charge in [0.15, 0.2) is 0 Å². The normalized spacial score (nSPS) is 12.7. The highest BCUT2D eigenvalue weighted by Crippen LogP contribution is 2.32. The first-order chi connectivity index (χ1) is 9.18. The fourth-order valence-electron chi connectivity index (χ4n) is 1.48. The van der Waals surface area contributed by atoms with Crippen LogP contribution < -0.4 is 10.6 Å². The molecule has 0 aliphatic rings. The molecule has 4 nitrogen and oxygen atoms in total. The second kappa shape index (κ2) is 5.89. The predicted octanol–water partition coefficient (Wildman–Crippen LogP) is 1.71. The summed E-state index contributed by atoms with van der Waals surface area (Å²) >= 11 is 0. The largest absolute Gasteiger partial charge is 0.419 e. The summed E-state index contributed by atoms with van der Waals surface area (Å²) in [5.41, 5.74) is -2.30. The molecule has 8 heteroatoms. The number of hydrogen-bond acceptors (Lipinski definition) is 2. The van der Waals surface area contributed by atoms with Crippen molar-refractivity contribution in [2.45, 2.75) is 19.1 Å². The van der Waals surface area contributed by atoms with Gasteiger partial charge in [-0.2, -0.15) is 13.2 Å². The third-order valence-electron chi connectivity index (χ3n) is 2.54. The molecule has 110 valence electrons. The first kappa shape index (κ1) is 15.9. The Morgan fingerprint density at radius 2 is 1.85 bits per heavy atom. The van der Waals surface area contributed by atoms with Crippen molar-refractivity contribution in [3.8, 4) is 0 Å². The molecule has 1 rings (SSSR count). The molecule has 0 saturated heterocycles. The van der Waals surface area contributed by atoms with Gasteiger partial charge in [-0.3, -0.25) is 9.59 Å². The summed E-state index contributed by atoms with van der Waals surface area (Å²) in [5.74, 6) is -3.31. The van der Waals surface area contributed by atoms with E-state index in [-0.39, 0.29) is 0 Å². The third kappa shape index (κ3) is 3.46. The van der Waals surface area contributed by atoms with Crippen molar-refractivity contribution in [2.75, 3.05) is 7.05 Å². The van der Waals surface area contributed by atoms with E-state index >= 15 is 0 Å². The van der Waals surface area contributed by atoms with Gasteiger partial charge in [0.2, 0.25) is 5.91 Å². The quantitative estimate of drug-likeness (QED) is 0.833. The molecule has 1 aromatic carbocycles. The lowest BCUT2D eigenvalue weighted by atomic mass is 10.1. The molecule has 2 amide bonds. The summed E-state index contributed by atoms with van der Waals surface area (Å²) in [6.45, 7) is 1.32. The molecule has 0 bridgehead atoms. The van der Waals surface area contributed by atoms with E-state index in [1.54, 1.807) is 0 Å². The van der Waals surface area contributed by atoms with Crippen LogP contribution in [0.3, 0.4) is 0 Å². The zero-order chi connectivity index (χ0) is 15.5. The fraction of sp³-hybridized carbons (Fsp3) is 0.333. The summed E-state index contributed by atoms with van der Waals surface area (Å²) < 4.78 is 51.2. The minimum atomic E-state index is -4.90. The Labute approximate surface area is 112 Å². The first-order valence-corrected chi connectivity index (χ1v) is 5.56. The van der Waals surface area contributed by atoms with Gasteiger partial charge in [-0.25, -0.2) is 4.39 Å². The monoisotopic (exact) mass is 292 g/mol. The highest BCUT2D eigenvalue weighted by Gasteiger charge is 2.35. The van der Waals surface area contributed by atoms with Crippen LogP contribution in [0.1, 0.15) is 22.8 Å². The number of alkyl halides is 3. The number of carbonyl (C=O) groups is 2. The van der Waals surface area contributed by atoms with Crippen molar-refractivity contribution >= 4 is 11.8 Å². The summed E-state index contributed by atoms with van der Waals surface area (Å²) in [5, 5.41) is 4.35. The van der Waals surface area contributed by atoms with Gasteiger partial charge >= 0.3 is 6.18 Å². The molecule has 1 unspecified atom stereocenters. The minimum absolute atomic E-state index is 0.536. The smallest absolute Gasteiger partial charge is 0.357 e. The lowest BCUT2D eigenvalue weighted by Crippen LogP contribution is -2.43. The topological polar surface area (TPSA) is 58.2 Å². The lowest BCUT2D eigenvalue weighted by molar-refractivity contribution is -0.140. The van der Waals surface area contributed by atoms with Gasteiger partial charge in [-0.15, -0.1) is 0 Å². The van der Waals surface area contributed by atoms with E-state index in [0.29, 0.717) is 6.07 Å². The lowest BCUT2D eigenvalue weighted by Gasteiger charge is -2.14. The Balaban J connectivity index is 3.03. The average Bonchev–Trinajstić information content (AvgIpc) is 2.36. The number of carbonyl (C=O) groups excluding carboxylic acids is 2. The maximum Gasteiger partial charge on any atom is 0.419 e. The molecule has 0 fully saturated rings. The summed E-state index contributed by atoms with van der Waals surface area (Å²) in [4.78, 5) is 22.9. The van der Waals surface area contributed by atoms with Gasteiger partial charge in [0.25, 0.3) is 5.91 Å². The van der Waals surface area contributed by atoms with Gasteiger partial charge in [0.05, 0.1) is 11.1 Å². The van der Waals surface area contributed by atoms with Gasteiger partial charge in [0, 0.05) is 7.05 Å². The number of hydrogen-bond donors (Lipinski definition) is 2. The van der Waals surface area contributed by atoms with Gasteiger partial charge in [-0.05, 0) is 19.1 Å². The van der Waals surface area contributed by atoms with Crippen LogP contribution >= 0.6 is 0 Å². The van der Waals surface area contributed by atoms with Gasteiger partial charge in [0.1, 0.15) is 11.9 Å². The van der Waals surface area contributed by atoms with Crippen LogP contribution in [0.4, 0.5) is 17.6 Å². The zero-order valence-corrected chi connectivity index (χ0v) is 10.6.